The standard InChI is InChI=1S/C17H18F4N6O/c1-10-9-27(16(28)22-15-23-24-25-26(15)2)6-5-12(10)7-11-3-4-14(18)13(8-11)17(19,20)21/h3-4,7-8,10H,5-6,9H2,1-2H3,(H,22,23,25,28)/b12-7+. The lowest BCUT2D eigenvalue weighted by Crippen LogP contribution is -2.42. The summed E-state index contributed by atoms with van der Waals surface area (Å²) in [6.07, 6.45) is -2.63. The molecule has 150 valence electrons. The van der Waals surface area contributed by atoms with Gasteiger partial charge in [0.1, 0.15) is 5.82 Å². The topological polar surface area (TPSA) is 75.9 Å². The maximum atomic E-state index is 13.4. The van der Waals surface area contributed by atoms with Crippen LogP contribution in [0.4, 0.5) is 28.3 Å². The second-order valence-corrected chi connectivity index (χ2v) is 6.61. The Balaban J connectivity index is 1.70. The molecule has 7 nitrogen and oxygen atoms in total. The minimum atomic E-state index is -4.75. The number of piperidine rings is 1. The third-order valence-corrected chi connectivity index (χ3v) is 4.57. The predicted octanol–water partition coefficient (Wildman–Crippen LogP) is 3.33. The highest BCUT2D eigenvalue weighted by molar-refractivity contribution is 5.87. The summed E-state index contributed by atoms with van der Waals surface area (Å²) in [5.41, 5.74) is -0.119. The van der Waals surface area contributed by atoms with E-state index in [1.54, 1.807) is 18.0 Å². The van der Waals surface area contributed by atoms with Gasteiger partial charge >= 0.3 is 12.2 Å². The van der Waals surface area contributed by atoms with E-state index in [-0.39, 0.29) is 23.5 Å². The minimum absolute atomic E-state index is 0.0727. The smallest absolute Gasteiger partial charge is 0.324 e. The van der Waals surface area contributed by atoms with Crippen LogP contribution in [0.3, 0.4) is 0 Å². The molecule has 3 rings (SSSR count). The number of halogens is 4. The number of nitrogens with one attached hydrogen (secondary N) is 1. The Bertz CT molecular complexity index is 907. The molecule has 1 unspecified atom stereocenters. The number of amides is 2. The maximum Gasteiger partial charge on any atom is 0.419 e. The molecule has 1 fully saturated rings. The second kappa shape index (κ2) is 7.56. The number of rotatable bonds is 2. The summed E-state index contributed by atoms with van der Waals surface area (Å²) in [4.78, 5) is 13.9. The first kappa shape index (κ1) is 19.8. The molecular formula is C17H18F4N6O. The number of tetrazole rings is 1. The van der Waals surface area contributed by atoms with Gasteiger partial charge in [0.2, 0.25) is 0 Å². The van der Waals surface area contributed by atoms with E-state index in [1.165, 1.54) is 10.7 Å². The van der Waals surface area contributed by atoms with Crippen LogP contribution in [-0.2, 0) is 13.2 Å². The molecule has 28 heavy (non-hydrogen) atoms. The summed E-state index contributed by atoms with van der Waals surface area (Å²) in [6.45, 7) is 2.65. The van der Waals surface area contributed by atoms with E-state index in [2.05, 4.69) is 20.8 Å². The van der Waals surface area contributed by atoms with Gasteiger partial charge in [-0.25, -0.2) is 13.9 Å². The van der Waals surface area contributed by atoms with Crippen molar-refractivity contribution in [1.82, 2.24) is 25.1 Å². The minimum Gasteiger partial charge on any atom is -0.324 e. The van der Waals surface area contributed by atoms with Gasteiger partial charge in [0.05, 0.1) is 5.56 Å². The lowest BCUT2D eigenvalue weighted by Gasteiger charge is -2.33. The van der Waals surface area contributed by atoms with E-state index in [0.29, 0.717) is 19.5 Å². The van der Waals surface area contributed by atoms with Gasteiger partial charge in [-0.05, 0) is 40.5 Å². The molecule has 1 N–H and O–H groups in total. The lowest BCUT2D eigenvalue weighted by molar-refractivity contribution is -0.140. The van der Waals surface area contributed by atoms with Crippen molar-refractivity contribution in [3.63, 3.8) is 0 Å². The van der Waals surface area contributed by atoms with Crippen molar-refractivity contribution in [1.29, 1.82) is 0 Å². The number of aromatic nitrogens is 4. The van der Waals surface area contributed by atoms with Gasteiger partial charge in [-0.1, -0.05) is 29.7 Å². The molecule has 1 aromatic heterocycles. The molecule has 1 saturated heterocycles. The quantitative estimate of drug-likeness (QED) is 0.788. The molecule has 2 heterocycles. The Hall–Kier alpha value is -2.98. The number of alkyl halides is 3. The van der Waals surface area contributed by atoms with Crippen LogP contribution in [0.25, 0.3) is 6.08 Å². The molecule has 2 amide bonds. The third kappa shape index (κ3) is 4.29. The van der Waals surface area contributed by atoms with Crippen molar-refractivity contribution in [3.8, 4) is 0 Å². The predicted molar refractivity (Wildman–Crippen MR) is 92.5 cm³/mol. The highest BCUT2D eigenvalue weighted by Crippen LogP contribution is 2.33. The zero-order chi connectivity index (χ0) is 20.5. The number of hydrogen-bond acceptors (Lipinski definition) is 4. The summed E-state index contributed by atoms with van der Waals surface area (Å²) in [5.74, 6) is -1.16. The Kier molecular flexibility index (Phi) is 5.34. The van der Waals surface area contributed by atoms with E-state index >= 15 is 0 Å². The average Bonchev–Trinajstić information content (AvgIpc) is 3.02. The van der Waals surface area contributed by atoms with Gasteiger partial charge in [-0.2, -0.15) is 13.2 Å². The zero-order valence-electron chi connectivity index (χ0n) is 15.2. The first-order chi connectivity index (χ1) is 13.1. The molecule has 1 aromatic carbocycles. The highest BCUT2D eigenvalue weighted by atomic mass is 19.4. The Morgan fingerprint density at radius 3 is 2.71 bits per heavy atom. The van der Waals surface area contributed by atoms with E-state index < -0.39 is 17.6 Å². The van der Waals surface area contributed by atoms with Crippen LogP contribution in [-0.4, -0.2) is 44.2 Å². The van der Waals surface area contributed by atoms with Crippen LogP contribution in [0.1, 0.15) is 24.5 Å². The number of hydrogen-bond donors (Lipinski definition) is 1. The Labute approximate surface area is 158 Å². The van der Waals surface area contributed by atoms with Crippen LogP contribution < -0.4 is 5.32 Å². The van der Waals surface area contributed by atoms with Crippen molar-refractivity contribution in [2.24, 2.45) is 13.0 Å². The zero-order valence-corrected chi connectivity index (χ0v) is 15.2. The summed E-state index contributed by atoms with van der Waals surface area (Å²) >= 11 is 0. The largest absolute Gasteiger partial charge is 0.419 e. The van der Waals surface area contributed by atoms with Crippen LogP contribution in [0.2, 0.25) is 0 Å². The van der Waals surface area contributed by atoms with Gasteiger partial charge in [0, 0.05) is 20.1 Å². The molecule has 1 aliphatic rings. The summed E-state index contributed by atoms with van der Waals surface area (Å²) in [5, 5.41) is 13.4. The molecule has 0 spiro atoms. The number of carbonyl (C=O) groups is 1. The van der Waals surface area contributed by atoms with Crippen molar-refractivity contribution in [2.75, 3.05) is 18.4 Å². The Morgan fingerprint density at radius 1 is 1.36 bits per heavy atom. The highest BCUT2D eigenvalue weighted by Gasteiger charge is 2.34. The molecule has 1 atom stereocenters. The fourth-order valence-electron chi connectivity index (χ4n) is 3.02. The van der Waals surface area contributed by atoms with E-state index in [4.69, 9.17) is 0 Å². The molecule has 0 saturated carbocycles. The van der Waals surface area contributed by atoms with Crippen LogP contribution in [0, 0.1) is 11.7 Å². The fraction of sp³-hybridized carbons (Fsp3) is 0.412. The summed E-state index contributed by atoms with van der Waals surface area (Å²) in [7, 11) is 1.59. The number of aryl methyl sites for hydroxylation is 1. The van der Waals surface area contributed by atoms with E-state index in [9.17, 15) is 22.4 Å². The van der Waals surface area contributed by atoms with Gasteiger partial charge in [0.25, 0.3) is 5.95 Å². The van der Waals surface area contributed by atoms with Crippen molar-refractivity contribution < 1.29 is 22.4 Å². The number of urea groups is 1. The van der Waals surface area contributed by atoms with Crippen LogP contribution in [0.5, 0.6) is 0 Å². The van der Waals surface area contributed by atoms with Gasteiger partial charge in [-0.15, -0.1) is 0 Å². The van der Waals surface area contributed by atoms with E-state index in [0.717, 1.165) is 17.7 Å². The fourth-order valence-corrected chi connectivity index (χ4v) is 3.02. The van der Waals surface area contributed by atoms with Gasteiger partial charge in [0.15, 0.2) is 0 Å². The molecule has 0 radical (unpaired) electrons. The number of likely N-dealkylation sites (tertiary alicyclic amines) is 1. The first-order valence-electron chi connectivity index (χ1n) is 8.50. The van der Waals surface area contributed by atoms with Crippen LogP contribution >= 0.6 is 0 Å². The number of carbonyl (C=O) groups excluding carboxylic acids is 1. The SMILES string of the molecule is CC1CN(C(=O)Nc2nnnn2C)CC/C1=C\c1ccc(F)c(C(F)(F)F)c1. The van der Waals surface area contributed by atoms with Gasteiger partial charge < -0.3 is 4.90 Å². The van der Waals surface area contributed by atoms with Crippen LogP contribution in [0.15, 0.2) is 23.8 Å². The molecule has 11 heteroatoms. The first-order valence-corrected chi connectivity index (χ1v) is 8.50. The average molecular weight is 398 g/mol. The summed E-state index contributed by atoms with van der Waals surface area (Å²) in [6, 6.07) is 2.57. The molecular weight excluding hydrogens is 380 g/mol. The third-order valence-electron chi connectivity index (χ3n) is 4.57. The Morgan fingerprint density at radius 2 is 2.11 bits per heavy atom. The van der Waals surface area contributed by atoms with E-state index in [1.807, 2.05) is 6.92 Å². The number of nitrogens with zero attached hydrogens (tertiary/aromatic N) is 5. The van der Waals surface area contributed by atoms with Crippen molar-refractivity contribution >= 4 is 18.1 Å². The van der Waals surface area contributed by atoms with Crippen molar-refractivity contribution in [2.45, 2.75) is 19.5 Å². The van der Waals surface area contributed by atoms with Gasteiger partial charge in [-0.3, -0.25) is 5.32 Å². The monoisotopic (exact) mass is 398 g/mol. The number of benzene rings is 1. The van der Waals surface area contributed by atoms with Crippen molar-refractivity contribution in [3.05, 3.63) is 40.7 Å². The molecule has 2 aromatic rings. The number of anilines is 1. The summed E-state index contributed by atoms with van der Waals surface area (Å²) < 4.78 is 53.4. The second-order valence-electron chi connectivity index (χ2n) is 6.61. The molecule has 1 aliphatic heterocycles. The lowest BCUT2D eigenvalue weighted by atomic mass is 9.91. The molecule has 0 aliphatic carbocycles. The normalized spacial score (nSPS) is 19.1. The molecule has 0 bridgehead atoms. The maximum absolute atomic E-state index is 13.4.